The normalized spacial score (nSPS) is 20.4. The lowest BCUT2D eigenvalue weighted by atomic mass is 9.78. The maximum atomic E-state index is 9.79. The Morgan fingerprint density at radius 1 is 1.27 bits per heavy atom. The van der Waals surface area contributed by atoms with Crippen LogP contribution in [0.3, 0.4) is 0 Å². The van der Waals surface area contributed by atoms with Crippen molar-refractivity contribution in [2.75, 3.05) is 11.9 Å². The van der Waals surface area contributed by atoms with Crippen molar-refractivity contribution < 1.29 is 5.11 Å². The molecule has 0 bridgehead atoms. The summed E-state index contributed by atoms with van der Waals surface area (Å²) in [4.78, 5) is 9.03. The average Bonchev–Trinajstić information content (AvgIpc) is 3.08. The first-order valence-electron chi connectivity index (χ1n) is 9.04. The summed E-state index contributed by atoms with van der Waals surface area (Å²) in [6, 6.07) is 6.06. The minimum Gasteiger partial charge on any atom is -0.396 e. The Kier molecular flexibility index (Phi) is 5.17. The van der Waals surface area contributed by atoms with Gasteiger partial charge in [-0.2, -0.15) is 9.61 Å². The van der Waals surface area contributed by atoms with Gasteiger partial charge < -0.3 is 10.4 Å². The molecule has 3 aromatic rings. The van der Waals surface area contributed by atoms with Gasteiger partial charge in [-0.25, -0.2) is 4.98 Å². The van der Waals surface area contributed by atoms with Crippen LogP contribution in [0.5, 0.6) is 0 Å². The van der Waals surface area contributed by atoms with Gasteiger partial charge in [0.15, 0.2) is 5.65 Å². The number of aliphatic hydroxyl groups is 1. The molecule has 2 atom stereocenters. The third-order valence-electron chi connectivity index (χ3n) is 5.17. The van der Waals surface area contributed by atoms with Gasteiger partial charge in [-0.1, -0.05) is 18.9 Å². The number of fused-ring (bicyclic) bond motifs is 1. The first-order valence-corrected chi connectivity index (χ1v) is 9.83. The number of aromatic nitrogens is 4. The molecule has 3 aromatic heterocycles. The van der Waals surface area contributed by atoms with Crippen LogP contribution in [0.15, 0.2) is 41.3 Å². The summed E-state index contributed by atoms with van der Waals surface area (Å²) < 4.78 is 2.70. The molecule has 0 radical (unpaired) electrons. The van der Waals surface area contributed by atoms with Crippen LogP contribution in [0.25, 0.3) is 5.65 Å². The monoisotopic (exact) mass is 415 g/mol. The minimum atomic E-state index is 0.219. The number of nitrogens with one attached hydrogen (secondary N) is 1. The number of anilines is 1. The van der Waals surface area contributed by atoms with Crippen molar-refractivity contribution in [3.05, 3.63) is 52.5 Å². The largest absolute Gasteiger partial charge is 0.396 e. The molecule has 26 heavy (non-hydrogen) atoms. The number of hydrogen-bond acceptors (Lipinski definition) is 5. The second-order valence-corrected chi connectivity index (χ2v) is 7.70. The van der Waals surface area contributed by atoms with E-state index in [2.05, 4.69) is 37.4 Å². The highest BCUT2D eigenvalue weighted by Crippen LogP contribution is 2.38. The predicted octanol–water partition coefficient (Wildman–Crippen LogP) is 3.77. The molecule has 0 unspecified atom stereocenters. The van der Waals surface area contributed by atoms with Gasteiger partial charge in [0.05, 0.1) is 16.4 Å². The van der Waals surface area contributed by atoms with E-state index in [9.17, 15) is 5.11 Å². The molecule has 3 heterocycles. The summed E-state index contributed by atoms with van der Waals surface area (Å²) in [5.74, 6) is 1.48. The zero-order chi connectivity index (χ0) is 17.9. The Bertz CT molecular complexity index is 882. The number of rotatable bonds is 5. The van der Waals surface area contributed by atoms with Crippen LogP contribution in [-0.2, 0) is 6.54 Å². The van der Waals surface area contributed by atoms with Crippen molar-refractivity contribution in [2.24, 2.45) is 5.92 Å². The van der Waals surface area contributed by atoms with E-state index in [1.54, 1.807) is 12.4 Å². The van der Waals surface area contributed by atoms with Crippen molar-refractivity contribution in [3.8, 4) is 0 Å². The predicted molar refractivity (Wildman–Crippen MR) is 104 cm³/mol. The zero-order valence-electron chi connectivity index (χ0n) is 14.5. The minimum absolute atomic E-state index is 0.219. The highest BCUT2D eigenvalue weighted by molar-refractivity contribution is 9.10. The first-order chi connectivity index (χ1) is 12.8. The summed E-state index contributed by atoms with van der Waals surface area (Å²) >= 11 is 3.55. The topological polar surface area (TPSA) is 75.3 Å². The second-order valence-electron chi connectivity index (χ2n) is 6.84. The van der Waals surface area contributed by atoms with Crippen molar-refractivity contribution in [2.45, 2.75) is 38.1 Å². The summed E-state index contributed by atoms with van der Waals surface area (Å²) in [7, 11) is 0. The van der Waals surface area contributed by atoms with E-state index in [-0.39, 0.29) is 12.5 Å². The van der Waals surface area contributed by atoms with Crippen LogP contribution >= 0.6 is 15.9 Å². The molecule has 0 saturated heterocycles. The molecule has 136 valence electrons. The number of aliphatic hydroxyl groups excluding tert-OH is 1. The smallest absolute Gasteiger partial charge is 0.171 e. The third kappa shape index (κ3) is 3.46. The molecule has 0 amide bonds. The van der Waals surface area contributed by atoms with Crippen LogP contribution in [0, 0.1) is 5.92 Å². The number of hydrogen-bond donors (Lipinski definition) is 2. The average molecular weight is 416 g/mol. The molecule has 0 aromatic carbocycles. The van der Waals surface area contributed by atoms with Gasteiger partial charge in [-0.15, -0.1) is 0 Å². The lowest BCUT2D eigenvalue weighted by molar-refractivity contribution is 0.168. The van der Waals surface area contributed by atoms with Crippen LogP contribution in [0.2, 0.25) is 0 Å². The summed E-state index contributed by atoms with van der Waals surface area (Å²) in [5, 5.41) is 17.7. The van der Waals surface area contributed by atoms with E-state index >= 15 is 0 Å². The van der Waals surface area contributed by atoms with Crippen LogP contribution in [0.1, 0.15) is 42.9 Å². The summed E-state index contributed by atoms with van der Waals surface area (Å²) in [6.45, 7) is 0.883. The standard InChI is InChI=1S/C19H22BrN5O/c20-16-11-23-25-18(22-10-13-4-3-7-21-9-13)8-17(24-19(16)25)15-6-2-1-5-14(15)12-26/h3-4,7-9,11,14-15,22,26H,1-2,5-6,10,12H2/t14-,15-/m1/s1. The lowest BCUT2D eigenvalue weighted by Gasteiger charge is -2.30. The lowest BCUT2D eigenvalue weighted by Crippen LogP contribution is -2.22. The van der Waals surface area contributed by atoms with Crippen molar-refractivity contribution in [1.82, 2.24) is 19.6 Å². The van der Waals surface area contributed by atoms with Crippen molar-refractivity contribution in [1.29, 1.82) is 0 Å². The highest BCUT2D eigenvalue weighted by atomic mass is 79.9. The van der Waals surface area contributed by atoms with Gasteiger partial charge in [-0.3, -0.25) is 4.98 Å². The first kappa shape index (κ1) is 17.4. The van der Waals surface area contributed by atoms with Gasteiger partial charge in [0.2, 0.25) is 0 Å². The van der Waals surface area contributed by atoms with Gasteiger partial charge in [0.25, 0.3) is 0 Å². The maximum absolute atomic E-state index is 9.79. The van der Waals surface area contributed by atoms with Crippen LogP contribution in [0.4, 0.5) is 5.82 Å². The quantitative estimate of drug-likeness (QED) is 0.663. The van der Waals surface area contributed by atoms with E-state index in [0.717, 1.165) is 40.0 Å². The van der Waals surface area contributed by atoms with E-state index in [0.29, 0.717) is 12.5 Å². The van der Waals surface area contributed by atoms with Crippen molar-refractivity contribution >= 4 is 27.4 Å². The molecule has 7 heteroatoms. The van der Waals surface area contributed by atoms with Gasteiger partial charge in [-0.05, 0) is 46.3 Å². The molecule has 1 aliphatic rings. The number of nitrogens with zero attached hydrogens (tertiary/aromatic N) is 4. The Balaban J connectivity index is 1.69. The number of pyridine rings is 1. The van der Waals surface area contributed by atoms with Crippen molar-refractivity contribution in [3.63, 3.8) is 0 Å². The molecule has 6 nitrogen and oxygen atoms in total. The van der Waals surface area contributed by atoms with E-state index in [1.165, 1.54) is 12.8 Å². The van der Waals surface area contributed by atoms with E-state index in [1.807, 2.05) is 22.8 Å². The second kappa shape index (κ2) is 7.72. The Labute approximate surface area is 160 Å². The summed E-state index contributed by atoms with van der Waals surface area (Å²) in [6.07, 6.45) is 9.91. The third-order valence-corrected chi connectivity index (χ3v) is 5.73. The van der Waals surface area contributed by atoms with Crippen LogP contribution in [-0.4, -0.2) is 31.3 Å². The van der Waals surface area contributed by atoms with Gasteiger partial charge in [0, 0.05) is 37.5 Å². The van der Waals surface area contributed by atoms with E-state index in [4.69, 9.17) is 4.98 Å². The molecule has 0 spiro atoms. The SMILES string of the molecule is OC[C@H]1CCCC[C@H]1c1cc(NCc2cccnc2)n2ncc(Br)c2n1. The molecule has 1 saturated carbocycles. The Hall–Kier alpha value is -1.99. The van der Waals surface area contributed by atoms with E-state index < -0.39 is 0 Å². The maximum Gasteiger partial charge on any atom is 0.171 e. The molecular formula is C19H22BrN5O. The molecule has 1 aliphatic carbocycles. The molecule has 1 fully saturated rings. The fourth-order valence-corrected chi connectivity index (χ4v) is 4.13. The number of halogens is 1. The Morgan fingerprint density at radius 2 is 2.15 bits per heavy atom. The fraction of sp³-hybridized carbons (Fsp3) is 0.421. The summed E-state index contributed by atoms with van der Waals surface area (Å²) in [5.41, 5.74) is 2.95. The highest BCUT2D eigenvalue weighted by Gasteiger charge is 2.28. The zero-order valence-corrected chi connectivity index (χ0v) is 16.1. The molecule has 2 N–H and O–H groups in total. The van der Waals surface area contributed by atoms with Gasteiger partial charge in [0.1, 0.15) is 5.82 Å². The van der Waals surface area contributed by atoms with Gasteiger partial charge >= 0.3 is 0 Å². The Morgan fingerprint density at radius 3 is 2.96 bits per heavy atom. The fourth-order valence-electron chi connectivity index (χ4n) is 3.78. The molecular weight excluding hydrogens is 394 g/mol. The molecule has 0 aliphatic heterocycles. The molecule has 4 rings (SSSR count). The van der Waals surface area contributed by atoms with Crippen LogP contribution < -0.4 is 5.32 Å².